The van der Waals surface area contributed by atoms with E-state index in [1.807, 2.05) is 38.2 Å². The third-order valence-corrected chi connectivity index (χ3v) is 7.15. The summed E-state index contributed by atoms with van der Waals surface area (Å²) in [6.07, 6.45) is 7.56. The maximum absolute atomic E-state index is 13.7. The predicted octanol–water partition coefficient (Wildman–Crippen LogP) is 3.27. The average molecular weight is 412 g/mol. The van der Waals surface area contributed by atoms with E-state index in [-0.39, 0.29) is 18.0 Å². The lowest BCUT2D eigenvalue weighted by Gasteiger charge is -2.48. The minimum absolute atomic E-state index is 0.0230. The van der Waals surface area contributed by atoms with Crippen LogP contribution >= 0.6 is 0 Å². The summed E-state index contributed by atoms with van der Waals surface area (Å²) in [6, 6.07) is 10.0. The van der Waals surface area contributed by atoms with Gasteiger partial charge >= 0.3 is 0 Å². The van der Waals surface area contributed by atoms with Gasteiger partial charge in [0.05, 0.1) is 11.6 Å². The highest BCUT2D eigenvalue weighted by Crippen LogP contribution is 2.71. The van der Waals surface area contributed by atoms with Crippen LogP contribution in [0.15, 0.2) is 48.9 Å². The van der Waals surface area contributed by atoms with Crippen LogP contribution in [0.3, 0.4) is 0 Å². The normalized spacial score (nSPS) is 27.8. The van der Waals surface area contributed by atoms with Gasteiger partial charge in [-0.05, 0) is 67.9 Å². The number of aromatic nitrogens is 4. The molecule has 1 amide bonds. The van der Waals surface area contributed by atoms with Crippen LogP contribution in [0.2, 0.25) is 0 Å². The molecule has 7 heteroatoms. The average Bonchev–Trinajstić information content (AvgIpc) is 3.43. The zero-order valence-corrected chi connectivity index (χ0v) is 17.6. The van der Waals surface area contributed by atoms with Crippen LogP contribution in [0.1, 0.15) is 34.5 Å². The van der Waals surface area contributed by atoms with Crippen molar-refractivity contribution in [1.82, 2.24) is 24.8 Å². The standard InChI is InChI=1S/C24H24N6O/c1-14-4-7-19(27-12-14)29-18-11-24-10-16(24)13-30(21(18)24)23(31)17-6-5-15(2)28-20(17)22-25-8-3-9-26-22/h3-9,12,16,18,21H,10-11,13H2,1-2H3,(H,27,29). The van der Waals surface area contributed by atoms with Crippen LogP contribution in [0, 0.1) is 25.2 Å². The van der Waals surface area contributed by atoms with E-state index >= 15 is 0 Å². The lowest BCUT2D eigenvalue weighted by Crippen LogP contribution is -2.60. The number of amides is 1. The van der Waals surface area contributed by atoms with Gasteiger partial charge in [-0.25, -0.2) is 19.9 Å². The van der Waals surface area contributed by atoms with Crippen molar-refractivity contribution in [3.05, 3.63) is 65.7 Å². The van der Waals surface area contributed by atoms with Gasteiger partial charge in [0.25, 0.3) is 5.91 Å². The summed E-state index contributed by atoms with van der Waals surface area (Å²) < 4.78 is 0. The number of aryl methyl sites for hydroxylation is 2. The summed E-state index contributed by atoms with van der Waals surface area (Å²) in [7, 11) is 0. The van der Waals surface area contributed by atoms with E-state index in [0.717, 1.165) is 30.0 Å². The van der Waals surface area contributed by atoms with Crippen LogP contribution in [-0.2, 0) is 0 Å². The molecule has 4 atom stereocenters. The summed E-state index contributed by atoms with van der Waals surface area (Å²) in [5.41, 5.74) is 3.41. The summed E-state index contributed by atoms with van der Waals surface area (Å²) in [5.74, 6) is 1.99. The van der Waals surface area contributed by atoms with Crippen molar-refractivity contribution in [2.75, 3.05) is 11.9 Å². The Balaban J connectivity index is 1.30. The number of piperidine rings is 1. The van der Waals surface area contributed by atoms with Crippen LogP contribution in [0.25, 0.3) is 11.5 Å². The topological polar surface area (TPSA) is 83.9 Å². The van der Waals surface area contributed by atoms with E-state index < -0.39 is 0 Å². The summed E-state index contributed by atoms with van der Waals surface area (Å²) >= 11 is 0. The van der Waals surface area contributed by atoms with Crippen LogP contribution < -0.4 is 5.32 Å². The molecule has 0 aromatic carbocycles. The minimum Gasteiger partial charge on any atom is -0.365 e. The molecule has 3 aromatic heterocycles. The van der Waals surface area contributed by atoms with Crippen molar-refractivity contribution in [1.29, 1.82) is 0 Å². The third-order valence-electron chi connectivity index (χ3n) is 7.15. The van der Waals surface area contributed by atoms with E-state index in [1.165, 1.54) is 6.42 Å². The molecule has 0 bridgehead atoms. The van der Waals surface area contributed by atoms with E-state index in [0.29, 0.717) is 28.4 Å². The number of carbonyl (C=O) groups is 1. The van der Waals surface area contributed by atoms with E-state index in [4.69, 9.17) is 0 Å². The van der Waals surface area contributed by atoms with Gasteiger partial charge in [0.1, 0.15) is 11.5 Å². The first-order valence-electron chi connectivity index (χ1n) is 10.8. The van der Waals surface area contributed by atoms with Gasteiger partial charge in [0.15, 0.2) is 5.82 Å². The Morgan fingerprint density at radius 1 is 1.10 bits per heavy atom. The molecule has 1 N–H and O–H groups in total. The maximum atomic E-state index is 13.7. The fourth-order valence-corrected chi connectivity index (χ4v) is 5.58. The molecular formula is C24H24N6O. The second kappa shape index (κ2) is 6.57. The van der Waals surface area contributed by atoms with Crippen molar-refractivity contribution in [3.63, 3.8) is 0 Å². The van der Waals surface area contributed by atoms with E-state index in [9.17, 15) is 4.79 Å². The Hall–Kier alpha value is -3.35. The number of nitrogens with one attached hydrogen (secondary N) is 1. The highest BCUT2D eigenvalue weighted by molar-refractivity contribution is 6.00. The molecule has 31 heavy (non-hydrogen) atoms. The van der Waals surface area contributed by atoms with Crippen molar-refractivity contribution in [2.24, 2.45) is 11.3 Å². The van der Waals surface area contributed by atoms with Crippen molar-refractivity contribution >= 4 is 11.7 Å². The van der Waals surface area contributed by atoms with Crippen molar-refractivity contribution in [3.8, 4) is 11.5 Å². The molecule has 4 heterocycles. The molecular weight excluding hydrogens is 388 g/mol. The molecule has 1 spiro atoms. The Kier molecular flexibility index (Phi) is 3.91. The van der Waals surface area contributed by atoms with Gasteiger partial charge < -0.3 is 10.2 Å². The van der Waals surface area contributed by atoms with Gasteiger partial charge in [-0.15, -0.1) is 0 Å². The number of carbonyl (C=O) groups excluding carboxylic acids is 1. The van der Waals surface area contributed by atoms with Gasteiger partial charge in [-0.2, -0.15) is 0 Å². The number of nitrogens with zero attached hydrogens (tertiary/aromatic N) is 5. The lowest BCUT2D eigenvalue weighted by atomic mass is 9.71. The summed E-state index contributed by atoms with van der Waals surface area (Å²) in [4.78, 5) is 33.6. The van der Waals surface area contributed by atoms with Crippen molar-refractivity contribution < 1.29 is 4.79 Å². The first-order chi connectivity index (χ1) is 15.0. The Labute approximate surface area is 181 Å². The highest BCUT2D eigenvalue weighted by atomic mass is 16.2. The monoisotopic (exact) mass is 412 g/mol. The van der Waals surface area contributed by atoms with Crippen molar-refractivity contribution in [2.45, 2.75) is 38.8 Å². The predicted molar refractivity (Wildman–Crippen MR) is 116 cm³/mol. The molecule has 4 unspecified atom stereocenters. The van der Waals surface area contributed by atoms with Gasteiger partial charge in [-0.3, -0.25) is 4.79 Å². The zero-order valence-electron chi connectivity index (χ0n) is 17.6. The Morgan fingerprint density at radius 3 is 2.71 bits per heavy atom. The number of hydrogen-bond donors (Lipinski definition) is 1. The smallest absolute Gasteiger partial charge is 0.256 e. The molecule has 1 saturated heterocycles. The molecule has 1 aliphatic heterocycles. The molecule has 6 rings (SSSR count). The summed E-state index contributed by atoms with van der Waals surface area (Å²) in [6.45, 7) is 4.76. The van der Waals surface area contributed by atoms with Crippen LogP contribution in [-0.4, -0.2) is 49.4 Å². The van der Waals surface area contributed by atoms with Crippen LogP contribution in [0.4, 0.5) is 5.82 Å². The zero-order chi connectivity index (χ0) is 21.2. The Bertz CT molecular complexity index is 1160. The maximum Gasteiger partial charge on any atom is 0.256 e. The fraction of sp³-hybridized carbons (Fsp3) is 0.375. The van der Waals surface area contributed by atoms with Gasteiger partial charge in [0, 0.05) is 36.9 Å². The van der Waals surface area contributed by atoms with Crippen LogP contribution in [0.5, 0.6) is 0 Å². The SMILES string of the molecule is Cc1ccc(NC2CC34CC3CN(C(=O)c3ccc(C)nc3-c3ncccn3)C24)nc1. The Morgan fingerprint density at radius 2 is 1.94 bits per heavy atom. The molecule has 3 aliphatic rings. The molecule has 3 aromatic rings. The molecule has 7 nitrogen and oxygen atoms in total. The van der Waals surface area contributed by atoms with E-state index in [2.05, 4.69) is 36.2 Å². The fourth-order valence-electron chi connectivity index (χ4n) is 5.58. The first-order valence-corrected chi connectivity index (χ1v) is 10.8. The number of likely N-dealkylation sites (tertiary alicyclic amines) is 1. The molecule has 3 fully saturated rings. The van der Waals surface area contributed by atoms with Gasteiger partial charge in [-0.1, -0.05) is 6.07 Å². The molecule has 156 valence electrons. The first kappa shape index (κ1) is 18.4. The number of hydrogen-bond acceptors (Lipinski definition) is 6. The second-order valence-corrected chi connectivity index (χ2v) is 9.13. The second-order valence-electron chi connectivity index (χ2n) is 9.13. The lowest BCUT2D eigenvalue weighted by molar-refractivity contribution is 0.0472. The van der Waals surface area contributed by atoms with Gasteiger partial charge in [0.2, 0.25) is 0 Å². The minimum atomic E-state index is 0.0230. The largest absolute Gasteiger partial charge is 0.365 e. The number of pyridine rings is 2. The number of anilines is 1. The summed E-state index contributed by atoms with van der Waals surface area (Å²) in [5, 5.41) is 3.58. The molecule has 0 radical (unpaired) electrons. The number of rotatable bonds is 4. The van der Waals surface area contributed by atoms with E-state index in [1.54, 1.807) is 18.5 Å². The highest BCUT2D eigenvalue weighted by Gasteiger charge is 2.75. The third kappa shape index (κ3) is 2.83. The molecule has 2 aliphatic carbocycles. The molecule has 2 saturated carbocycles. The quantitative estimate of drug-likeness (QED) is 0.708.